The molecule has 1 atom stereocenters. The molecule has 10 heteroatoms. The molecule has 0 aliphatic heterocycles. The largest absolute Gasteiger partial charge is 0.354 e. The van der Waals surface area contributed by atoms with E-state index >= 15 is 0 Å². The Kier molecular flexibility index (Phi) is 12.0. The van der Waals surface area contributed by atoms with Gasteiger partial charge in [0.05, 0.1) is 10.6 Å². The molecule has 4 aromatic rings. The van der Waals surface area contributed by atoms with Crippen molar-refractivity contribution >= 4 is 50.7 Å². The minimum atomic E-state index is -4.21. The van der Waals surface area contributed by atoms with E-state index in [0.29, 0.717) is 22.2 Å². The Morgan fingerprint density at radius 3 is 2.16 bits per heavy atom. The third kappa shape index (κ3) is 9.10. The smallest absolute Gasteiger partial charge is 0.264 e. The summed E-state index contributed by atoms with van der Waals surface area (Å²) < 4.78 is 29.2. The highest BCUT2D eigenvalue weighted by Gasteiger charge is 2.34. The first-order valence-corrected chi connectivity index (χ1v) is 17.0. The molecule has 7 nitrogen and oxygen atoms in total. The van der Waals surface area contributed by atoms with Gasteiger partial charge in [0, 0.05) is 29.6 Å². The third-order valence-corrected chi connectivity index (χ3v) is 9.83. The number of hydrogen-bond acceptors (Lipinski definition) is 4. The number of nitrogens with one attached hydrogen (secondary N) is 1. The van der Waals surface area contributed by atoms with Crippen molar-refractivity contribution in [3.05, 3.63) is 130 Å². The molecular weight excluding hydrogens is 629 g/mol. The molecule has 236 valence electrons. The molecule has 4 rings (SSSR count). The van der Waals surface area contributed by atoms with Crippen molar-refractivity contribution in [3.8, 4) is 0 Å². The van der Waals surface area contributed by atoms with Crippen LogP contribution in [0.5, 0.6) is 0 Å². The second kappa shape index (κ2) is 15.9. The highest BCUT2D eigenvalue weighted by molar-refractivity contribution is 7.92. The molecule has 45 heavy (non-hydrogen) atoms. The fourth-order valence-corrected chi connectivity index (χ4v) is 6.69. The zero-order chi connectivity index (χ0) is 32.4. The summed E-state index contributed by atoms with van der Waals surface area (Å²) in [7, 11) is -4.21. The first-order chi connectivity index (χ1) is 21.6. The number of unbranched alkanes of at least 4 members (excludes halogenated alkanes) is 1. The number of amides is 2. The maximum atomic E-state index is 14.5. The molecule has 1 unspecified atom stereocenters. The summed E-state index contributed by atoms with van der Waals surface area (Å²) in [6, 6.07) is 28.3. The van der Waals surface area contributed by atoms with Crippen LogP contribution in [0.25, 0.3) is 0 Å². The fraction of sp³-hybridized carbons (Fsp3) is 0.257. The number of rotatable bonds is 14. The average Bonchev–Trinajstić information content (AvgIpc) is 3.03. The third-order valence-electron chi connectivity index (χ3n) is 7.40. The minimum absolute atomic E-state index is 0.0223. The number of hydrogen-bond donors (Lipinski definition) is 1. The van der Waals surface area contributed by atoms with E-state index in [1.165, 1.54) is 23.1 Å². The number of halogens is 2. The van der Waals surface area contributed by atoms with E-state index in [1.54, 1.807) is 48.5 Å². The maximum Gasteiger partial charge on any atom is 0.264 e. The van der Waals surface area contributed by atoms with Gasteiger partial charge in [0.15, 0.2) is 0 Å². The van der Waals surface area contributed by atoms with Crippen molar-refractivity contribution in [2.45, 2.75) is 50.6 Å². The molecule has 0 radical (unpaired) electrons. The van der Waals surface area contributed by atoms with Gasteiger partial charge in [-0.3, -0.25) is 13.9 Å². The monoisotopic (exact) mass is 665 g/mol. The van der Waals surface area contributed by atoms with Crippen LogP contribution in [0.1, 0.15) is 36.5 Å². The summed E-state index contributed by atoms with van der Waals surface area (Å²) in [5.74, 6) is -0.878. The lowest BCUT2D eigenvalue weighted by atomic mass is 10.0. The zero-order valence-corrected chi connectivity index (χ0v) is 27.7. The molecular formula is C35H37Cl2N3O4S. The standard InChI is InChI=1S/C35H37Cl2N3O4S/c1-3-4-20-38-35(42)33(22-27-12-7-5-8-13-27)39(24-28-14-11-15-29(36)21-28)34(41)25-40(30-19-18-26(2)32(37)23-30)45(43,44)31-16-9-6-10-17-31/h5-19,21,23,33H,3-4,20,22,24-25H2,1-2H3,(H,38,42). The van der Waals surface area contributed by atoms with Gasteiger partial charge < -0.3 is 10.2 Å². The number of carbonyl (C=O) groups excluding carboxylic acids is 2. The van der Waals surface area contributed by atoms with Crippen LogP contribution in [-0.2, 0) is 32.6 Å². The van der Waals surface area contributed by atoms with Gasteiger partial charge in [-0.15, -0.1) is 0 Å². The quantitative estimate of drug-likeness (QED) is 0.146. The van der Waals surface area contributed by atoms with E-state index in [0.717, 1.165) is 28.3 Å². The lowest BCUT2D eigenvalue weighted by Crippen LogP contribution is -2.53. The molecule has 0 aliphatic rings. The van der Waals surface area contributed by atoms with Gasteiger partial charge in [-0.05, 0) is 66.4 Å². The van der Waals surface area contributed by atoms with E-state index in [1.807, 2.05) is 50.2 Å². The highest BCUT2D eigenvalue weighted by Crippen LogP contribution is 2.29. The Morgan fingerprint density at radius 1 is 0.844 bits per heavy atom. The Labute approximate surface area is 275 Å². The van der Waals surface area contributed by atoms with Crippen molar-refractivity contribution in [2.75, 3.05) is 17.4 Å². The summed E-state index contributed by atoms with van der Waals surface area (Å²) in [5, 5.41) is 3.83. The lowest BCUT2D eigenvalue weighted by Gasteiger charge is -2.34. The van der Waals surface area contributed by atoms with Crippen molar-refractivity contribution < 1.29 is 18.0 Å². The van der Waals surface area contributed by atoms with Crippen LogP contribution in [0.4, 0.5) is 5.69 Å². The van der Waals surface area contributed by atoms with Gasteiger partial charge in [0.2, 0.25) is 11.8 Å². The molecule has 4 aromatic carbocycles. The average molecular weight is 667 g/mol. The normalized spacial score (nSPS) is 11.9. The van der Waals surface area contributed by atoms with Crippen molar-refractivity contribution in [1.29, 1.82) is 0 Å². The molecule has 0 bridgehead atoms. The number of sulfonamides is 1. The first kappa shape index (κ1) is 34.0. The lowest BCUT2D eigenvalue weighted by molar-refractivity contribution is -0.140. The Hall–Kier alpha value is -3.85. The van der Waals surface area contributed by atoms with Gasteiger partial charge in [-0.1, -0.05) is 103 Å². The molecule has 1 N–H and O–H groups in total. The first-order valence-electron chi connectivity index (χ1n) is 14.8. The molecule has 0 saturated heterocycles. The molecule has 2 amide bonds. The molecule has 0 heterocycles. The summed E-state index contributed by atoms with van der Waals surface area (Å²) in [4.78, 5) is 29.8. The van der Waals surface area contributed by atoms with Crippen LogP contribution in [0.3, 0.4) is 0 Å². The molecule has 0 spiro atoms. The summed E-state index contributed by atoms with van der Waals surface area (Å²) in [6.45, 7) is 3.76. The topological polar surface area (TPSA) is 86.8 Å². The Balaban J connectivity index is 1.80. The van der Waals surface area contributed by atoms with Crippen molar-refractivity contribution in [2.24, 2.45) is 0 Å². The van der Waals surface area contributed by atoms with E-state index < -0.39 is 28.5 Å². The number of aryl methyl sites for hydroxylation is 1. The van der Waals surface area contributed by atoms with E-state index in [-0.39, 0.29) is 29.5 Å². The molecule has 0 aromatic heterocycles. The molecule has 0 aliphatic carbocycles. The second-order valence-electron chi connectivity index (χ2n) is 10.8. The van der Waals surface area contributed by atoms with Gasteiger partial charge in [-0.2, -0.15) is 0 Å². The molecule has 0 fully saturated rings. The highest BCUT2D eigenvalue weighted by atomic mass is 35.5. The fourth-order valence-electron chi connectivity index (χ4n) is 4.88. The Morgan fingerprint density at radius 2 is 1.51 bits per heavy atom. The predicted molar refractivity (Wildman–Crippen MR) is 181 cm³/mol. The summed E-state index contributed by atoms with van der Waals surface area (Å²) in [6.07, 6.45) is 1.90. The van der Waals surface area contributed by atoms with Crippen LogP contribution in [-0.4, -0.2) is 44.3 Å². The second-order valence-corrected chi connectivity index (χ2v) is 13.5. The SMILES string of the molecule is CCCCNC(=O)C(Cc1ccccc1)N(Cc1cccc(Cl)c1)C(=O)CN(c1ccc(C)c(Cl)c1)S(=O)(=O)c1ccccc1. The Bertz CT molecular complexity index is 1700. The van der Waals surface area contributed by atoms with Crippen LogP contribution < -0.4 is 9.62 Å². The summed E-state index contributed by atoms with van der Waals surface area (Å²) >= 11 is 12.7. The van der Waals surface area contributed by atoms with Crippen molar-refractivity contribution in [1.82, 2.24) is 10.2 Å². The van der Waals surface area contributed by atoms with E-state index in [4.69, 9.17) is 23.2 Å². The number of benzene rings is 4. The van der Waals surface area contributed by atoms with Gasteiger partial charge >= 0.3 is 0 Å². The molecule has 0 saturated carbocycles. The maximum absolute atomic E-state index is 14.5. The number of anilines is 1. The van der Waals surface area contributed by atoms with Crippen LogP contribution in [0.15, 0.2) is 108 Å². The van der Waals surface area contributed by atoms with E-state index in [9.17, 15) is 18.0 Å². The van der Waals surface area contributed by atoms with Crippen molar-refractivity contribution in [3.63, 3.8) is 0 Å². The van der Waals surface area contributed by atoms with Crippen LogP contribution >= 0.6 is 23.2 Å². The predicted octanol–water partition coefficient (Wildman–Crippen LogP) is 7.05. The number of nitrogens with zero attached hydrogens (tertiary/aromatic N) is 2. The van der Waals surface area contributed by atoms with Gasteiger partial charge in [0.25, 0.3) is 10.0 Å². The zero-order valence-electron chi connectivity index (χ0n) is 25.3. The van der Waals surface area contributed by atoms with Crippen LogP contribution in [0, 0.1) is 6.92 Å². The van der Waals surface area contributed by atoms with Gasteiger partial charge in [-0.25, -0.2) is 8.42 Å². The summed E-state index contributed by atoms with van der Waals surface area (Å²) in [5.41, 5.74) is 2.55. The minimum Gasteiger partial charge on any atom is -0.354 e. The van der Waals surface area contributed by atoms with Gasteiger partial charge in [0.1, 0.15) is 12.6 Å². The number of carbonyl (C=O) groups is 2. The van der Waals surface area contributed by atoms with Crippen LogP contribution in [0.2, 0.25) is 10.0 Å². The van der Waals surface area contributed by atoms with E-state index in [2.05, 4.69) is 5.32 Å².